The topological polar surface area (TPSA) is 59.2 Å². The van der Waals surface area contributed by atoms with Gasteiger partial charge in [0.25, 0.3) is 5.91 Å². The van der Waals surface area contributed by atoms with E-state index >= 15 is 0 Å². The zero-order valence-corrected chi connectivity index (χ0v) is 13.7. The smallest absolute Gasteiger partial charge is 0.273 e. The molecular weight excluding hydrogens is 318 g/mol. The number of hydrogen-bond acceptors (Lipinski definition) is 4. The molecule has 116 valence electrons. The number of nitrogens with zero attached hydrogens (tertiary/aromatic N) is 2. The van der Waals surface area contributed by atoms with Crippen LogP contribution in [0.2, 0.25) is 5.02 Å². The molecule has 2 heterocycles. The highest BCUT2D eigenvalue weighted by atomic mass is 35.5. The lowest BCUT2D eigenvalue weighted by molar-refractivity contribution is 0.0618. The number of halogens is 1. The lowest BCUT2D eigenvalue weighted by atomic mass is 10.0. The van der Waals surface area contributed by atoms with Gasteiger partial charge in [-0.3, -0.25) is 4.79 Å². The number of carbonyl (C=O) groups excluding carboxylic acids is 1. The highest BCUT2D eigenvalue weighted by molar-refractivity contribution is 7.13. The summed E-state index contributed by atoms with van der Waals surface area (Å²) >= 11 is 7.38. The maximum Gasteiger partial charge on any atom is 0.273 e. The fourth-order valence-corrected chi connectivity index (χ4v) is 3.68. The zero-order chi connectivity index (χ0) is 15.5. The molecule has 1 aliphatic rings. The van der Waals surface area contributed by atoms with E-state index in [2.05, 4.69) is 4.98 Å². The van der Waals surface area contributed by atoms with Gasteiger partial charge in [0.05, 0.1) is 0 Å². The second-order valence-corrected chi connectivity index (χ2v) is 6.72. The molecule has 1 aromatic carbocycles. The highest BCUT2D eigenvalue weighted by Crippen LogP contribution is 2.26. The molecule has 4 nitrogen and oxygen atoms in total. The van der Waals surface area contributed by atoms with Crippen molar-refractivity contribution >= 4 is 28.8 Å². The molecule has 1 aliphatic heterocycles. The Hall–Kier alpha value is -1.43. The Balaban J connectivity index is 1.80. The summed E-state index contributed by atoms with van der Waals surface area (Å²) in [4.78, 5) is 19.0. The molecular formula is C16H18ClN3OS. The lowest BCUT2D eigenvalue weighted by Gasteiger charge is -2.34. The molecule has 1 amide bonds. The van der Waals surface area contributed by atoms with E-state index in [0.29, 0.717) is 17.3 Å². The zero-order valence-electron chi connectivity index (χ0n) is 12.2. The van der Waals surface area contributed by atoms with E-state index in [1.807, 2.05) is 34.5 Å². The second-order valence-electron chi connectivity index (χ2n) is 5.43. The van der Waals surface area contributed by atoms with Crippen molar-refractivity contribution in [3.63, 3.8) is 0 Å². The molecule has 0 saturated carbocycles. The number of aromatic nitrogens is 1. The molecule has 22 heavy (non-hydrogen) atoms. The largest absolute Gasteiger partial charge is 0.333 e. The summed E-state index contributed by atoms with van der Waals surface area (Å²) in [5, 5.41) is 3.35. The van der Waals surface area contributed by atoms with Crippen LogP contribution < -0.4 is 5.73 Å². The van der Waals surface area contributed by atoms with Crippen LogP contribution in [-0.2, 0) is 0 Å². The summed E-state index contributed by atoms with van der Waals surface area (Å²) in [6, 6.07) is 7.63. The van der Waals surface area contributed by atoms with Crippen molar-refractivity contribution in [2.75, 3.05) is 13.1 Å². The second kappa shape index (κ2) is 6.77. The highest BCUT2D eigenvalue weighted by Gasteiger charge is 2.27. The molecule has 3 rings (SSSR count). The Morgan fingerprint density at radius 2 is 2.14 bits per heavy atom. The molecule has 0 bridgehead atoms. The Bertz CT molecular complexity index is 656. The van der Waals surface area contributed by atoms with Crippen LogP contribution in [-0.4, -0.2) is 34.9 Å². The number of nitrogens with two attached hydrogens (primary N) is 1. The van der Waals surface area contributed by atoms with E-state index in [4.69, 9.17) is 17.3 Å². The normalized spacial score (nSPS) is 18.5. The summed E-state index contributed by atoms with van der Waals surface area (Å²) < 4.78 is 0. The molecule has 1 saturated heterocycles. The maximum absolute atomic E-state index is 12.7. The molecule has 2 N–H and O–H groups in total. The minimum atomic E-state index is -0.00777. The number of hydrogen-bond donors (Lipinski definition) is 1. The predicted molar refractivity (Wildman–Crippen MR) is 90.3 cm³/mol. The molecule has 0 radical (unpaired) electrons. The van der Waals surface area contributed by atoms with Crippen LogP contribution in [0.25, 0.3) is 10.6 Å². The van der Waals surface area contributed by atoms with E-state index in [9.17, 15) is 4.79 Å². The summed E-state index contributed by atoms with van der Waals surface area (Å²) in [5.74, 6) is -0.00777. The molecule has 0 spiro atoms. The summed E-state index contributed by atoms with van der Waals surface area (Å²) in [7, 11) is 0. The van der Waals surface area contributed by atoms with Gasteiger partial charge in [-0.15, -0.1) is 11.3 Å². The molecule has 1 aromatic heterocycles. The summed E-state index contributed by atoms with van der Waals surface area (Å²) in [5.41, 5.74) is 7.28. The van der Waals surface area contributed by atoms with Crippen LogP contribution in [0.4, 0.5) is 0 Å². The first-order valence-corrected chi connectivity index (χ1v) is 8.67. The van der Waals surface area contributed by atoms with E-state index in [1.54, 1.807) is 0 Å². The van der Waals surface area contributed by atoms with Crippen molar-refractivity contribution < 1.29 is 4.79 Å². The number of carbonyl (C=O) groups is 1. The van der Waals surface area contributed by atoms with Gasteiger partial charge < -0.3 is 10.6 Å². The van der Waals surface area contributed by atoms with Gasteiger partial charge in [-0.2, -0.15) is 0 Å². The summed E-state index contributed by atoms with van der Waals surface area (Å²) in [6.45, 7) is 1.29. The van der Waals surface area contributed by atoms with Crippen molar-refractivity contribution in [3.05, 3.63) is 40.4 Å². The number of amides is 1. The Morgan fingerprint density at radius 1 is 1.36 bits per heavy atom. The van der Waals surface area contributed by atoms with Gasteiger partial charge in [0, 0.05) is 35.1 Å². The van der Waals surface area contributed by atoms with Crippen LogP contribution in [0.5, 0.6) is 0 Å². The Kier molecular flexibility index (Phi) is 4.76. The third-order valence-electron chi connectivity index (χ3n) is 3.97. The SMILES string of the molecule is NCC1CCCCN1C(=O)c1csc(-c2ccc(Cl)cc2)n1. The van der Waals surface area contributed by atoms with E-state index in [1.165, 1.54) is 11.3 Å². The van der Waals surface area contributed by atoms with Gasteiger partial charge in [0.1, 0.15) is 10.7 Å². The van der Waals surface area contributed by atoms with Gasteiger partial charge >= 0.3 is 0 Å². The first-order valence-electron chi connectivity index (χ1n) is 7.41. The Morgan fingerprint density at radius 3 is 2.86 bits per heavy atom. The van der Waals surface area contributed by atoms with Gasteiger partial charge in [0.15, 0.2) is 0 Å². The van der Waals surface area contributed by atoms with E-state index in [-0.39, 0.29) is 11.9 Å². The van der Waals surface area contributed by atoms with Crippen LogP contribution in [0.1, 0.15) is 29.8 Å². The van der Waals surface area contributed by atoms with Crippen LogP contribution >= 0.6 is 22.9 Å². The molecule has 0 aliphatic carbocycles. The number of likely N-dealkylation sites (tertiary alicyclic amines) is 1. The maximum atomic E-state index is 12.7. The van der Waals surface area contributed by atoms with E-state index in [0.717, 1.165) is 36.4 Å². The number of thiazole rings is 1. The molecule has 1 unspecified atom stereocenters. The third-order valence-corrected chi connectivity index (χ3v) is 5.12. The average Bonchev–Trinajstić information content (AvgIpc) is 3.05. The fraction of sp³-hybridized carbons (Fsp3) is 0.375. The van der Waals surface area contributed by atoms with Gasteiger partial charge in [-0.05, 0) is 31.4 Å². The van der Waals surface area contributed by atoms with E-state index < -0.39 is 0 Å². The first kappa shape index (κ1) is 15.5. The van der Waals surface area contributed by atoms with Crippen molar-refractivity contribution in [2.24, 2.45) is 5.73 Å². The van der Waals surface area contributed by atoms with Gasteiger partial charge in [-0.25, -0.2) is 4.98 Å². The molecule has 1 fully saturated rings. The van der Waals surface area contributed by atoms with Gasteiger partial charge in [-0.1, -0.05) is 23.7 Å². The van der Waals surface area contributed by atoms with Crippen molar-refractivity contribution in [3.8, 4) is 10.6 Å². The number of benzene rings is 1. The fourth-order valence-electron chi connectivity index (χ4n) is 2.76. The number of rotatable bonds is 3. The van der Waals surface area contributed by atoms with Crippen molar-refractivity contribution in [1.82, 2.24) is 9.88 Å². The quantitative estimate of drug-likeness (QED) is 0.935. The molecule has 2 aromatic rings. The lowest BCUT2D eigenvalue weighted by Crippen LogP contribution is -2.47. The minimum absolute atomic E-state index is 0.00777. The first-order chi connectivity index (χ1) is 10.7. The van der Waals surface area contributed by atoms with Gasteiger partial charge in [0.2, 0.25) is 0 Å². The Labute approximate surface area is 138 Å². The van der Waals surface area contributed by atoms with Crippen molar-refractivity contribution in [1.29, 1.82) is 0 Å². The monoisotopic (exact) mass is 335 g/mol. The molecule has 6 heteroatoms. The standard InChI is InChI=1S/C16H18ClN3OS/c17-12-6-4-11(5-7-12)15-19-14(10-22-15)16(21)20-8-2-1-3-13(20)9-18/h4-7,10,13H,1-3,8-9,18H2. The van der Waals surface area contributed by atoms with Crippen LogP contribution in [0, 0.1) is 0 Å². The predicted octanol–water partition coefficient (Wildman–Crippen LogP) is 3.42. The van der Waals surface area contributed by atoms with Crippen LogP contribution in [0.3, 0.4) is 0 Å². The summed E-state index contributed by atoms with van der Waals surface area (Å²) in [6.07, 6.45) is 3.16. The van der Waals surface area contributed by atoms with Crippen LogP contribution in [0.15, 0.2) is 29.6 Å². The van der Waals surface area contributed by atoms with Crippen molar-refractivity contribution in [2.45, 2.75) is 25.3 Å². The average molecular weight is 336 g/mol. The minimum Gasteiger partial charge on any atom is -0.333 e. The molecule has 1 atom stereocenters. The number of piperidine rings is 1. The third kappa shape index (κ3) is 3.16.